The lowest BCUT2D eigenvalue weighted by atomic mass is 10.1. The molecule has 1 aliphatic rings. The van der Waals surface area contributed by atoms with Crippen molar-refractivity contribution in [1.29, 1.82) is 0 Å². The highest BCUT2D eigenvalue weighted by molar-refractivity contribution is 6.02. The third kappa shape index (κ3) is 3.17. The lowest BCUT2D eigenvalue weighted by molar-refractivity contribution is 0.0935. The monoisotopic (exact) mass is 349 g/mol. The molecule has 1 atom stereocenters. The fourth-order valence-electron chi connectivity index (χ4n) is 3.47. The third-order valence-electron chi connectivity index (χ3n) is 4.89. The maximum atomic E-state index is 13.0. The number of para-hydroxylation sites is 1. The molecule has 0 spiro atoms. The van der Waals surface area contributed by atoms with Gasteiger partial charge in [0.15, 0.2) is 0 Å². The maximum Gasteiger partial charge on any atom is 0.255 e. The van der Waals surface area contributed by atoms with E-state index in [0.29, 0.717) is 5.56 Å². The van der Waals surface area contributed by atoms with Crippen molar-refractivity contribution in [2.24, 2.45) is 0 Å². The smallest absolute Gasteiger partial charge is 0.255 e. The van der Waals surface area contributed by atoms with E-state index in [1.807, 2.05) is 56.3 Å². The Balaban J connectivity index is 1.68. The number of fused-ring (bicyclic) bond motifs is 1. The van der Waals surface area contributed by atoms with Crippen molar-refractivity contribution in [3.05, 3.63) is 59.5 Å². The van der Waals surface area contributed by atoms with Gasteiger partial charge in [-0.05, 0) is 51.0 Å². The Morgan fingerprint density at radius 1 is 1.19 bits per heavy atom. The van der Waals surface area contributed by atoms with Crippen LogP contribution in [0.15, 0.2) is 46.9 Å². The number of nitrogens with one attached hydrogen (secondary N) is 1. The average Bonchev–Trinajstić information content (AvgIpc) is 3.32. The highest BCUT2D eigenvalue weighted by Crippen LogP contribution is 2.27. The van der Waals surface area contributed by atoms with Gasteiger partial charge in [-0.15, -0.1) is 0 Å². The van der Waals surface area contributed by atoms with Crippen molar-refractivity contribution in [3.8, 4) is 0 Å². The molecule has 1 fully saturated rings. The lowest BCUT2D eigenvalue weighted by Gasteiger charge is -2.21. The van der Waals surface area contributed by atoms with Gasteiger partial charge < -0.3 is 14.6 Å². The zero-order chi connectivity index (χ0) is 18.1. The van der Waals surface area contributed by atoms with Crippen molar-refractivity contribution in [2.45, 2.75) is 32.7 Å². The molecule has 0 bridgehead atoms. The van der Waals surface area contributed by atoms with Crippen LogP contribution in [0, 0.1) is 6.92 Å². The molecule has 26 heavy (non-hydrogen) atoms. The van der Waals surface area contributed by atoms with Crippen LogP contribution in [0.5, 0.6) is 0 Å². The molecule has 3 heterocycles. The van der Waals surface area contributed by atoms with Crippen LogP contribution < -0.4 is 10.2 Å². The average molecular weight is 349 g/mol. The number of furan rings is 1. The zero-order valence-electron chi connectivity index (χ0n) is 15.2. The lowest BCUT2D eigenvalue weighted by Crippen LogP contribution is -2.30. The molecule has 1 amide bonds. The standard InChI is InChI=1S/C21H23N3O2/c1-14-9-10-19(26-14)15(2)22-21(25)17-13-16-7-3-4-8-18(16)23-20(17)24-11-5-6-12-24/h3-4,7-10,13,15H,5-6,11-12H2,1-2H3,(H,22,25). The molecule has 5 nitrogen and oxygen atoms in total. The molecular formula is C21H23N3O2. The molecule has 0 saturated carbocycles. The number of rotatable bonds is 4. The number of nitrogens with zero attached hydrogens (tertiary/aromatic N) is 2. The van der Waals surface area contributed by atoms with E-state index in [2.05, 4.69) is 10.2 Å². The Kier molecular flexibility index (Phi) is 4.37. The summed E-state index contributed by atoms with van der Waals surface area (Å²) >= 11 is 0. The number of anilines is 1. The second kappa shape index (κ2) is 6.83. The van der Waals surface area contributed by atoms with Gasteiger partial charge in [0.1, 0.15) is 17.3 Å². The number of aromatic nitrogens is 1. The van der Waals surface area contributed by atoms with E-state index < -0.39 is 0 Å². The first kappa shape index (κ1) is 16.6. The van der Waals surface area contributed by atoms with Crippen LogP contribution in [0.1, 0.15) is 47.7 Å². The van der Waals surface area contributed by atoms with Crippen LogP contribution >= 0.6 is 0 Å². The summed E-state index contributed by atoms with van der Waals surface area (Å²) in [6, 6.07) is 13.5. The van der Waals surface area contributed by atoms with Crippen molar-refractivity contribution in [1.82, 2.24) is 10.3 Å². The minimum Gasteiger partial charge on any atom is -0.464 e. The molecule has 1 N–H and O–H groups in total. The third-order valence-corrected chi connectivity index (χ3v) is 4.89. The van der Waals surface area contributed by atoms with E-state index in [0.717, 1.165) is 54.2 Å². The van der Waals surface area contributed by atoms with Crippen LogP contribution in [0.3, 0.4) is 0 Å². The Labute approximate surface area is 153 Å². The summed E-state index contributed by atoms with van der Waals surface area (Å²) in [7, 11) is 0. The van der Waals surface area contributed by atoms with Crippen molar-refractivity contribution >= 4 is 22.6 Å². The normalized spacial score (nSPS) is 15.4. The number of pyridine rings is 1. The van der Waals surface area contributed by atoms with Gasteiger partial charge in [-0.3, -0.25) is 4.79 Å². The Morgan fingerprint density at radius 3 is 2.69 bits per heavy atom. The molecule has 0 radical (unpaired) electrons. The highest BCUT2D eigenvalue weighted by Gasteiger charge is 2.23. The zero-order valence-corrected chi connectivity index (χ0v) is 15.2. The number of aryl methyl sites for hydroxylation is 1. The summed E-state index contributed by atoms with van der Waals surface area (Å²) in [5.74, 6) is 2.26. The van der Waals surface area contributed by atoms with E-state index in [1.54, 1.807) is 0 Å². The molecule has 134 valence electrons. The maximum absolute atomic E-state index is 13.0. The van der Waals surface area contributed by atoms with Gasteiger partial charge in [-0.1, -0.05) is 18.2 Å². The van der Waals surface area contributed by atoms with Crippen LogP contribution in [0.25, 0.3) is 10.9 Å². The van der Waals surface area contributed by atoms with Crippen LogP contribution in [0.4, 0.5) is 5.82 Å². The molecule has 1 aromatic carbocycles. The minimum absolute atomic E-state index is 0.119. The molecule has 1 saturated heterocycles. The van der Waals surface area contributed by atoms with Crippen LogP contribution in [0.2, 0.25) is 0 Å². The van der Waals surface area contributed by atoms with Gasteiger partial charge in [-0.2, -0.15) is 0 Å². The molecule has 1 unspecified atom stereocenters. The fraction of sp³-hybridized carbons (Fsp3) is 0.333. The molecule has 1 aliphatic heterocycles. The van der Waals surface area contributed by atoms with Gasteiger partial charge >= 0.3 is 0 Å². The SMILES string of the molecule is Cc1ccc(C(C)NC(=O)c2cc3ccccc3nc2N2CCCC2)o1. The van der Waals surface area contributed by atoms with Gasteiger partial charge in [0, 0.05) is 18.5 Å². The number of benzene rings is 1. The number of hydrogen-bond donors (Lipinski definition) is 1. The molecule has 3 aromatic rings. The van der Waals surface area contributed by atoms with Gasteiger partial charge in [0.05, 0.1) is 17.1 Å². The predicted octanol–water partition coefficient (Wildman–Crippen LogP) is 4.23. The highest BCUT2D eigenvalue weighted by atomic mass is 16.3. The quantitative estimate of drug-likeness (QED) is 0.766. The fourth-order valence-corrected chi connectivity index (χ4v) is 3.47. The predicted molar refractivity (Wildman–Crippen MR) is 103 cm³/mol. The van der Waals surface area contributed by atoms with E-state index in [9.17, 15) is 4.79 Å². The number of amides is 1. The second-order valence-electron chi connectivity index (χ2n) is 6.89. The summed E-state index contributed by atoms with van der Waals surface area (Å²) in [6.07, 6.45) is 2.27. The summed E-state index contributed by atoms with van der Waals surface area (Å²) in [5.41, 5.74) is 1.54. The molecule has 2 aromatic heterocycles. The summed E-state index contributed by atoms with van der Waals surface area (Å²) in [6.45, 7) is 5.72. The number of carbonyl (C=O) groups is 1. The first-order valence-electron chi connectivity index (χ1n) is 9.14. The van der Waals surface area contributed by atoms with E-state index in [4.69, 9.17) is 9.40 Å². The Hall–Kier alpha value is -2.82. The summed E-state index contributed by atoms with van der Waals surface area (Å²) < 4.78 is 5.64. The topological polar surface area (TPSA) is 58.4 Å². The number of carbonyl (C=O) groups excluding carboxylic acids is 1. The first-order valence-corrected chi connectivity index (χ1v) is 9.14. The molecule has 0 aliphatic carbocycles. The van der Waals surface area contributed by atoms with E-state index in [-0.39, 0.29) is 11.9 Å². The van der Waals surface area contributed by atoms with Gasteiger partial charge in [0.25, 0.3) is 5.91 Å². The van der Waals surface area contributed by atoms with Crippen molar-refractivity contribution < 1.29 is 9.21 Å². The minimum atomic E-state index is -0.200. The molecule has 5 heteroatoms. The Bertz CT molecular complexity index is 941. The van der Waals surface area contributed by atoms with Crippen LogP contribution in [-0.4, -0.2) is 24.0 Å². The summed E-state index contributed by atoms with van der Waals surface area (Å²) in [4.78, 5) is 20.1. The van der Waals surface area contributed by atoms with Crippen molar-refractivity contribution in [3.63, 3.8) is 0 Å². The first-order chi connectivity index (χ1) is 12.6. The molecular weight excluding hydrogens is 326 g/mol. The Morgan fingerprint density at radius 2 is 1.96 bits per heavy atom. The van der Waals surface area contributed by atoms with Crippen molar-refractivity contribution in [2.75, 3.05) is 18.0 Å². The van der Waals surface area contributed by atoms with E-state index >= 15 is 0 Å². The number of hydrogen-bond acceptors (Lipinski definition) is 4. The second-order valence-corrected chi connectivity index (χ2v) is 6.89. The van der Waals surface area contributed by atoms with Gasteiger partial charge in [-0.25, -0.2) is 4.98 Å². The largest absolute Gasteiger partial charge is 0.464 e. The summed E-state index contributed by atoms with van der Waals surface area (Å²) in [5, 5.41) is 4.03. The van der Waals surface area contributed by atoms with Gasteiger partial charge in [0.2, 0.25) is 0 Å². The van der Waals surface area contributed by atoms with E-state index in [1.165, 1.54) is 0 Å². The molecule has 4 rings (SSSR count). The van der Waals surface area contributed by atoms with Crippen LogP contribution in [-0.2, 0) is 0 Å².